The number of nitrogens with zero attached hydrogens (tertiary/aromatic N) is 2. The molecule has 0 atom stereocenters. The first-order valence-electron chi connectivity index (χ1n) is 9.26. The maximum absolute atomic E-state index is 13.2. The van der Waals surface area contributed by atoms with Gasteiger partial charge in [0.05, 0.1) is 17.2 Å². The number of aryl methyl sites for hydroxylation is 1. The minimum Gasteiger partial charge on any atom is -0.363 e. The maximum atomic E-state index is 13.2. The second-order valence-electron chi connectivity index (χ2n) is 7.63. The molecule has 0 amide bonds. The summed E-state index contributed by atoms with van der Waals surface area (Å²) in [6.07, 6.45) is 4.19. The predicted octanol–water partition coefficient (Wildman–Crippen LogP) is 6.22. The predicted molar refractivity (Wildman–Crippen MR) is 112 cm³/mol. The molecule has 0 aromatic heterocycles. The molecule has 0 spiro atoms. The third-order valence-corrected chi connectivity index (χ3v) is 5.26. The highest BCUT2D eigenvalue weighted by Crippen LogP contribution is 2.40. The van der Waals surface area contributed by atoms with Crippen LogP contribution in [0.1, 0.15) is 49.9 Å². The minimum atomic E-state index is -0.302. The van der Waals surface area contributed by atoms with Crippen LogP contribution in [0, 0.1) is 24.1 Å². The molecule has 2 nitrogen and oxygen atoms in total. The molecular weight excluding hydrogens is 335 g/mol. The molecule has 0 aliphatic carbocycles. The van der Waals surface area contributed by atoms with E-state index in [-0.39, 0.29) is 11.4 Å². The van der Waals surface area contributed by atoms with Crippen LogP contribution in [-0.2, 0) is 0 Å². The zero-order valence-corrected chi connectivity index (χ0v) is 16.6. The maximum Gasteiger partial charge on any atom is 0.123 e. The van der Waals surface area contributed by atoms with Crippen molar-refractivity contribution < 1.29 is 4.39 Å². The zero-order valence-electron chi connectivity index (χ0n) is 16.6. The smallest absolute Gasteiger partial charge is 0.123 e. The molecule has 1 aliphatic heterocycles. The van der Waals surface area contributed by atoms with Gasteiger partial charge in [0.15, 0.2) is 0 Å². The van der Waals surface area contributed by atoms with Gasteiger partial charge in [0.25, 0.3) is 0 Å². The van der Waals surface area contributed by atoms with E-state index in [1.807, 2.05) is 6.08 Å². The fourth-order valence-corrected chi connectivity index (χ4v) is 3.94. The van der Waals surface area contributed by atoms with Crippen molar-refractivity contribution in [3.63, 3.8) is 0 Å². The van der Waals surface area contributed by atoms with E-state index in [4.69, 9.17) is 0 Å². The summed E-state index contributed by atoms with van der Waals surface area (Å²) in [6.45, 7) is 11.8. The third kappa shape index (κ3) is 3.53. The minimum absolute atomic E-state index is 0.0262. The molecule has 0 bridgehead atoms. The van der Waals surface area contributed by atoms with Crippen molar-refractivity contribution in [2.24, 2.45) is 0 Å². The average molecular weight is 360 g/mol. The Hall–Kier alpha value is -2.86. The van der Waals surface area contributed by atoms with Gasteiger partial charge >= 0.3 is 0 Å². The molecule has 0 saturated carbocycles. The van der Waals surface area contributed by atoms with Gasteiger partial charge in [0.1, 0.15) is 5.82 Å². The van der Waals surface area contributed by atoms with E-state index < -0.39 is 0 Å². The number of nitriles is 1. The molecule has 3 heteroatoms. The number of rotatable bonds is 3. The van der Waals surface area contributed by atoms with Gasteiger partial charge in [0, 0.05) is 17.8 Å². The van der Waals surface area contributed by atoms with Crippen LogP contribution in [0.4, 0.5) is 10.1 Å². The molecule has 0 unspecified atom stereocenters. The van der Waals surface area contributed by atoms with E-state index in [0.717, 1.165) is 23.2 Å². The molecule has 0 N–H and O–H groups in total. The molecule has 27 heavy (non-hydrogen) atoms. The van der Waals surface area contributed by atoms with Crippen molar-refractivity contribution in [2.75, 3.05) is 11.4 Å². The van der Waals surface area contributed by atoms with Crippen LogP contribution in [-0.4, -0.2) is 12.1 Å². The second-order valence-corrected chi connectivity index (χ2v) is 7.63. The van der Waals surface area contributed by atoms with Crippen LogP contribution in [0.25, 0.3) is 17.2 Å². The number of benzene rings is 2. The van der Waals surface area contributed by atoms with Gasteiger partial charge in [-0.25, -0.2) is 4.39 Å². The van der Waals surface area contributed by atoms with Gasteiger partial charge in [-0.15, -0.1) is 0 Å². The van der Waals surface area contributed by atoms with Crippen LogP contribution < -0.4 is 4.90 Å². The summed E-state index contributed by atoms with van der Waals surface area (Å²) in [6, 6.07) is 12.7. The van der Waals surface area contributed by atoms with Crippen LogP contribution in [0.5, 0.6) is 0 Å². The first-order valence-corrected chi connectivity index (χ1v) is 9.26. The van der Waals surface area contributed by atoms with Gasteiger partial charge in [-0.05, 0) is 87.2 Å². The molecular formula is C24H25FN2. The number of hydrogen-bond acceptors (Lipinski definition) is 2. The summed E-state index contributed by atoms with van der Waals surface area (Å²) < 4.78 is 13.2. The van der Waals surface area contributed by atoms with E-state index in [0.29, 0.717) is 5.57 Å². The lowest BCUT2D eigenvalue weighted by Crippen LogP contribution is -2.44. The van der Waals surface area contributed by atoms with Crippen molar-refractivity contribution in [1.82, 2.24) is 0 Å². The van der Waals surface area contributed by atoms with Gasteiger partial charge in [-0.1, -0.05) is 18.2 Å². The summed E-state index contributed by atoms with van der Waals surface area (Å²) in [7, 11) is 0. The van der Waals surface area contributed by atoms with Crippen LogP contribution in [0.3, 0.4) is 0 Å². The molecule has 1 heterocycles. The Balaban J connectivity index is 2.13. The van der Waals surface area contributed by atoms with Crippen molar-refractivity contribution in [3.05, 3.63) is 70.5 Å². The normalized spacial score (nSPS) is 15.8. The Morgan fingerprint density at radius 1 is 1.19 bits per heavy atom. The number of likely N-dealkylation sites (N-methyl/N-ethyl adjacent to an activating group) is 1. The summed E-state index contributed by atoms with van der Waals surface area (Å²) in [5, 5.41) is 9.61. The first kappa shape index (κ1) is 18.9. The number of allylic oxidation sites excluding steroid dienone is 2. The van der Waals surface area contributed by atoms with Crippen LogP contribution in [0.15, 0.2) is 42.5 Å². The van der Waals surface area contributed by atoms with Crippen molar-refractivity contribution in [1.29, 1.82) is 5.26 Å². The van der Waals surface area contributed by atoms with E-state index in [2.05, 4.69) is 63.8 Å². The van der Waals surface area contributed by atoms with Crippen molar-refractivity contribution in [2.45, 2.75) is 40.2 Å². The lowest BCUT2D eigenvalue weighted by molar-refractivity contribution is 0.566. The zero-order chi connectivity index (χ0) is 19.8. The molecule has 1 aliphatic rings. The molecule has 138 valence electrons. The number of halogens is 1. The largest absolute Gasteiger partial charge is 0.363 e. The molecule has 0 fully saturated rings. The van der Waals surface area contributed by atoms with Gasteiger partial charge in [-0.2, -0.15) is 5.26 Å². The lowest BCUT2D eigenvalue weighted by Gasteiger charge is -2.43. The molecule has 0 radical (unpaired) electrons. The third-order valence-electron chi connectivity index (χ3n) is 5.26. The van der Waals surface area contributed by atoms with Crippen molar-refractivity contribution in [3.8, 4) is 6.07 Å². The summed E-state index contributed by atoms with van der Waals surface area (Å²) >= 11 is 0. The Labute approximate surface area is 161 Å². The Bertz CT molecular complexity index is 973. The highest BCUT2D eigenvalue weighted by atomic mass is 19.1. The Morgan fingerprint density at radius 2 is 1.85 bits per heavy atom. The fourth-order valence-electron chi connectivity index (χ4n) is 3.94. The van der Waals surface area contributed by atoms with Crippen LogP contribution >= 0.6 is 0 Å². The summed E-state index contributed by atoms with van der Waals surface area (Å²) in [5.41, 5.74) is 7.03. The van der Waals surface area contributed by atoms with Crippen LogP contribution in [0.2, 0.25) is 0 Å². The van der Waals surface area contributed by atoms with Gasteiger partial charge in [0.2, 0.25) is 0 Å². The summed E-state index contributed by atoms with van der Waals surface area (Å²) in [5.74, 6) is -0.302. The standard InChI is InChI=1S/C24H25FN2/c1-6-27-23-11-16(2)19(13-22(23)17(3)14-24(27,4)5)12-20(15-26)18-7-9-21(25)10-8-18/h7-14H,6H2,1-5H3/b20-12-. The Kier molecular flexibility index (Phi) is 4.93. The fraction of sp³-hybridized carbons (Fsp3) is 0.292. The summed E-state index contributed by atoms with van der Waals surface area (Å²) in [4.78, 5) is 2.40. The van der Waals surface area contributed by atoms with Gasteiger partial charge < -0.3 is 4.90 Å². The number of hydrogen-bond donors (Lipinski definition) is 0. The number of fused-ring (bicyclic) bond motifs is 1. The SMILES string of the molecule is CCN1c2cc(C)c(/C=C(/C#N)c3ccc(F)cc3)cc2C(C)=CC1(C)C. The van der Waals surface area contributed by atoms with E-state index in [9.17, 15) is 9.65 Å². The lowest BCUT2D eigenvalue weighted by atomic mass is 9.86. The molecule has 2 aromatic carbocycles. The van der Waals surface area contributed by atoms with Gasteiger partial charge in [-0.3, -0.25) is 0 Å². The highest BCUT2D eigenvalue weighted by molar-refractivity contribution is 5.92. The molecule has 3 rings (SSSR count). The molecule has 2 aromatic rings. The van der Waals surface area contributed by atoms with E-state index in [1.165, 1.54) is 29.0 Å². The highest BCUT2D eigenvalue weighted by Gasteiger charge is 2.30. The topological polar surface area (TPSA) is 27.0 Å². The van der Waals surface area contributed by atoms with E-state index >= 15 is 0 Å². The van der Waals surface area contributed by atoms with E-state index in [1.54, 1.807) is 12.1 Å². The van der Waals surface area contributed by atoms with Crippen molar-refractivity contribution >= 4 is 22.9 Å². The molecule has 0 saturated heterocycles. The number of anilines is 1. The average Bonchev–Trinajstić information content (AvgIpc) is 2.61. The Morgan fingerprint density at radius 3 is 2.44 bits per heavy atom. The monoisotopic (exact) mass is 360 g/mol. The quantitative estimate of drug-likeness (QED) is 0.480. The first-order chi connectivity index (χ1) is 12.8. The second kappa shape index (κ2) is 7.04.